The SMILES string of the molecule is N#CC(CSc1ccc(F)cc1)C(F)(F)F. The third-order valence-corrected chi connectivity index (χ3v) is 2.89. The summed E-state index contributed by atoms with van der Waals surface area (Å²) in [5, 5.41) is 8.34. The lowest BCUT2D eigenvalue weighted by molar-refractivity contribution is -0.152. The zero-order valence-corrected chi connectivity index (χ0v) is 8.78. The zero-order valence-electron chi connectivity index (χ0n) is 7.96. The second-order valence-corrected chi connectivity index (χ2v) is 4.08. The van der Waals surface area contributed by atoms with Crippen LogP contribution in [-0.4, -0.2) is 11.9 Å². The van der Waals surface area contributed by atoms with Gasteiger partial charge in [-0.1, -0.05) is 0 Å². The normalized spacial score (nSPS) is 13.2. The van der Waals surface area contributed by atoms with E-state index in [4.69, 9.17) is 5.26 Å². The molecule has 0 aromatic heterocycles. The van der Waals surface area contributed by atoms with Gasteiger partial charge in [-0.25, -0.2) is 4.39 Å². The van der Waals surface area contributed by atoms with Crippen LogP contribution in [0.25, 0.3) is 0 Å². The molecule has 0 saturated heterocycles. The number of nitrogens with zero attached hydrogens (tertiary/aromatic N) is 1. The lowest BCUT2D eigenvalue weighted by Gasteiger charge is -2.12. The number of nitriles is 1. The molecular weight excluding hydrogens is 242 g/mol. The summed E-state index contributed by atoms with van der Waals surface area (Å²) in [5.74, 6) is -2.83. The van der Waals surface area contributed by atoms with Gasteiger partial charge in [-0.15, -0.1) is 11.8 Å². The Bertz CT molecular complexity index is 379. The third-order valence-electron chi connectivity index (χ3n) is 1.78. The molecule has 0 saturated carbocycles. The molecule has 1 rings (SSSR count). The van der Waals surface area contributed by atoms with Gasteiger partial charge in [0.2, 0.25) is 0 Å². The molecule has 0 aliphatic heterocycles. The van der Waals surface area contributed by atoms with E-state index in [-0.39, 0.29) is 5.75 Å². The molecule has 0 amide bonds. The maximum atomic E-state index is 12.5. The van der Waals surface area contributed by atoms with Gasteiger partial charge < -0.3 is 0 Å². The Hall–Kier alpha value is -1.22. The number of alkyl halides is 3. The summed E-state index contributed by atoms with van der Waals surface area (Å²) < 4.78 is 49.1. The van der Waals surface area contributed by atoms with E-state index in [2.05, 4.69) is 0 Å². The van der Waals surface area contributed by atoms with Crippen LogP contribution in [0.2, 0.25) is 0 Å². The van der Waals surface area contributed by atoms with E-state index in [9.17, 15) is 17.6 Å². The Kier molecular flexibility index (Phi) is 4.19. The van der Waals surface area contributed by atoms with Gasteiger partial charge in [-0.05, 0) is 24.3 Å². The smallest absolute Gasteiger partial charge is 0.207 e. The average molecular weight is 249 g/mol. The van der Waals surface area contributed by atoms with Crippen molar-refractivity contribution in [1.29, 1.82) is 5.26 Å². The minimum atomic E-state index is -4.51. The number of hydrogen-bond donors (Lipinski definition) is 0. The van der Waals surface area contributed by atoms with E-state index in [0.717, 1.165) is 23.9 Å². The van der Waals surface area contributed by atoms with Crippen molar-refractivity contribution in [2.45, 2.75) is 11.1 Å². The first-order valence-corrected chi connectivity index (χ1v) is 5.26. The molecule has 1 nitrogen and oxygen atoms in total. The molecule has 1 aromatic carbocycles. The van der Waals surface area contributed by atoms with Crippen LogP contribution in [0.5, 0.6) is 0 Å². The van der Waals surface area contributed by atoms with Gasteiger partial charge in [0.15, 0.2) is 5.92 Å². The van der Waals surface area contributed by atoms with Crippen molar-refractivity contribution < 1.29 is 17.6 Å². The maximum Gasteiger partial charge on any atom is 0.405 e. The number of rotatable bonds is 3. The topological polar surface area (TPSA) is 23.8 Å². The second kappa shape index (κ2) is 5.21. The molecular formula is C10H7F4NS. The number of benzene rings is 1. The van der Waals surface area contributed by atoms with E-state index in [1.807, 2.05) is 0 Å². The zero-order chi connectivity index (χ0) is 12.2. The molecule has 1 atom stereocenters. The largest absolute Gasteiger partial charge is 0.405 e. The fraction of sp³-hybridized carbons (Fsp3) is 0.300. The molecule has 0 heterocycles. The fourth-order valence-electron chi connectivity index (χ4n) is 0.915. The van der Waals surface area contributed by atoms with Crippen molar-refractivity contribution >= 4 is 11.8 Å². The van der Waals surface area contributed by atoms with E-state index in [1.54, 1.807) is 0 Å². The predicted octanol–water partition coefficient (Wildman–Crippen LogP) is 3.62. The standard InChI is InChI=1S/C10H7F4NS/c11-8-1-3-9(4-2-8)16-6-7(5-15)10(12,13)14/h1-4,7H,6H2. The van der Waals surface area contributed by atoms with Gasteiger partial charge >= 0.3 is 6.18 Å². The Balaban J connectivity index is 2.57. The number of thioether (sulfide) groups is 1. The fourth-order valence-corrected chi connectivity index (χ4v) is 1.87. The van der Waals surface area contributed by atoms with Gasteiger partial charge in [-0.3, -0.25) is 0 Å². The highest BCUT2D eigenvalue weighted by Crippen LogP contribution is 2.31. The molecule has 1 unspecified atom stereocenters. The Morgan fingerprint density at radius 1 is 1.25 bits per heavy atom. The van der Waals surface area contributed by atoms with Crippen molar-refractivity contribution in [1.82, 2.24) is 0 Å². The van der Waals surface area contributed by atoms with Gasteiger partial charge in [-0.2, -0.15) is 18.4 Å². The maximum absolute atomic E-state index is 12.5. The first-order chi connectivity index (χ1) is 7.43. The van der Waals surface area contributed by atoms with E-state index >= 15 is 0 Å². The van der Waals surface area contributed by atoms with Crippen molar-refractivity contribution in [2.75, 3.05) is 5.75 Å². The summed E-state index contributed by atoms with van der Waals surface area (Å²) in [4.78, 5) is 0.505. The van der Waals surface area contributed by atoms with Crippen LogP contribution in [-0.2, 0) is 0 Å². The van der Waals surface area contributed by atoms with E-state index < -0.39 is 17.9 Å². The number of halogens is 4. The molecule has 0 spiro atoms. The van der Waals surface area contributed by atoms with Crippen LogP contribution in [0.1, 0.15) is 0 Å². The molecule has 16 heavy (non-hydrogen) atoms. The van der Waals surface area contributed by atoms with Crippen LogP contribution >= 0.6 is 11.8 Å². The molecule has 0 aliphatic rings. The molecule has 6 heteroatoms. The lowest BCUT2D eigenvalue weighted by atomic mass is 10.2. The molecule has 1 aromatic rings. The van der Waals surface area contributed by atoms with Crippen LogP contribution in [0.4, 0.5) is 17.6 Å². The Labute approximate surface area is 94.1 Å². The monoisotopic (exact) mass is 249 g/mol. The number of hydrogen-bond acceptors (Lipinski definition) is 2. The van der Waals surface area contributed by atoms with Gasteiger partial charge in [0.25, 0.3) is 0 Å². The highest BCUT2D eigenvalue weighted by molar-refractivity contribution is 7.99. The van der Waals surface area contributed by atoms with Crippen molar-refractivity contribution in [3.05, 3.63) is 30.1 Å². The van der Waals surface area contributed by atoms with Crippen LogP contribution < -0.4 is 0 Å². The minimum absolute atomic E-state index is 0.383. The van der Waals surface area contributed by atoms with E-state index in [0.29, 0.717) is 4.90 Å². The van der Waals surface area contributed by atoms with Gasteiger partial charge in [0, 0.05) is 10.6 Å². The van der Waals surface area contributed by atoms with Crippen LogP contribution in [0, 0.1) is 23.1 Å². The molecule has 0 bridgehead atoms. The highest BCUT2D eigenvalue weighted by atomic mass is 32.2. The second-order valence-electron chi connectivity index (χ2n) is 2.99. The summed E-state index contributed by atoms with van der Waals surface area (Å²) in [5.41, 5.74) is 0. The highest BCUT2D eigenvalue weighted by Gasteiger charge is 2.39. The van der Waals surface area contributed by atoms with Crippen LogP contribution in [0.15, 0.2) is 29.2 Å². The first kappa shape index (κ1) is 12.8. The minimum Gasteiger partial charge on any atom is -0.207 e. The summed E-state index contributed by atoms with van der Waals surface area (Å²) in [6.07, 6.45) is -4.51. The molecule has 0 radical (unpaired) electrons. The van der Waals surface area contributed by atoms with Crippen molar-refractivity contribution in [3.63, 3.8) is 0 Å². The third kappa shape index (κ3) is 3.74. The average Bonchev–Trinajstić information content (AvgIpc) is 2.19. The summed E-state index contributed by atoms with van der Waals surface area (Å²) in [6.45, 7) is 0. The molecule has 0 aliphatic carbocycles. The lowest BCUT2D eigenvalue weighted by Crippen LogP contribution is -2.23. The predicted molar refractivity (Wildman–Crippen MR) is 52.3 cm³/mol. The Morgan fingerprint density at radius 2 is 1.81 bits per heavy atom. The van der Waals surface area contributed by atoms with Crippen molar-refractivity contribution in [3.8, 4) is 6.07 Å². The quantitative estimate of drug-likeness (QED) is 0.603. The summed E-state index contributed by atoms with van der Waals surface area (Å²) in [7, 11) is 0. The summed E-state index contributed by atoms with van der Waals surface area (Å²) in [6, 6.07) is 6.29. The first-order valence-electron chi connectivity index (χ1n) is 4.28. The van der Waals surface area contributed by atoms with Gasteiger partial charge in [0.05, 0.1) is 6.07 Å². The van der Waals surface area contributed by atoms with Crippen molar-refractivity contribution in [2.24, 2.45) is 5.92 Å². The molecule has 0 fully saturated rings. The van der Waals surface area contributed by atoms with Gasteiger partial charge in [0.1, 0.15) is 5.82 Å². The van der Waals surface area contributed by atoms with Crippen LogP contribution in [0.3, 0.4) is 0 Å². The summed E-state index contributed by atoms with van der Waals surface area (Å²) >= 11 is 0.880. The molecule has 86 valence electrons. The van der Waals surface area contributed by atoms with E-state index in [1.165, 1.54) is 18.2 Å². The molecule has 0 N–H and O–H groups in total. The Morgan fingerprint density at radius 3 is 2.25 bits per heavy atom.